The Morgan fingerprint density at radius 1 is 1.44 bits per heavy atom. The van der Waals surface area contributed by atoms with Gasteiger partial charge in [-0.25, -0.2) is 0 Å². The molecule has 5 heteroatoms. The van der Waals surface area contributed by atoms with Crippen LogP contribution in [-0.2, 0) is 9.59 Å². The Morgan fingerprint density at radius 3 is 2.61 bits per heavy atom. The maximum absolute atomic E-state index is 12.5. The number of carbonyl (C=O) groups is 2. The summed E-state index contributed by atoms with van der Waals surface area (Å²) in [4.78, 5) is 25.1. The van der Waals surface area contributed by atoms with E-state index < -0.39 is 5.97 Å². The molecule has 0 aromatic rings. The van der Waals surface area contributed by atoms with Crippen molar-refractivity contribution in [1.29, 1.82) is 0 Å². The highest BCUT2D eigenvalue weighted by Crippen LogP contribution is 2.27. The molecule has 4 nitrogen and oxygen atoms in total. The molecule has 1 aliphatic rings. The largest absolute Gasteiger partial charge is 0.481 e. The number of rotatable bonds is 6. The van der Waals surface area contributed by atoms with E-state index in [1.807, 2.05) is 20.8 Å². The Hall–Kier alpha value is -0.710. The van der Waals surface area contributed by atoms with E-state index in [1.165, 1.54) is 0 Å². The summed E-state index contributed by atoms with van der Waals surface area (Å²) in [7, 11) is 0. The van der Waals surface area contributed by atoms with Gasteiger partial charge in [-0.15, -0.1) is 11.8 Å². The third-order valence-electron chi connectivity index (χ3n) is 3.27. The molecule has 0 aliphatic carbocycles. The number of likely N-dealkylation sites (tertiary alicyclic amines) is 1. The predicted octanol–water partition coefficient (Wildman–Crippen LogP) is 2.23. The minimum atomic E-state index is -0.816. The van der Waals surface area contributed by atoms with Gasteiger partial charge in [0.15, 0.2) is 0 Å². The van der Waals surface area contributed by atoms with Gasteiger partial charge in [0.1, 0.15) is 0 Å². The summed E-state index contributed by atoms with van der Waals surface area (Å²) in [6.07, 6.45) is 1.82. The molecule has 18 heavy (non-hydrogen) atoms. The van der Waals surface area contributed by atoms with E-state index in [1.54, 1.807) is 16.7 Å². The molecule has 1 amide bonds. The number of aliphatic carboxylic acids is 1. The van der Waals surface area contributed by atoms with Crippen LogP contribution in [0.1, 0.15) is 40.0 Å². The monoisotopic (exact) mass is 273 g/mol. The summed E-state index contributed by atoms with van der Waals surface area (Å²) < 4.78 is 0. The summed E-state index contributed by atoms with van der Waals surface area (Å²) in [6, 6.07) is -0.103. The van der Waals surface area contributed by atoms with E-state index in [2.05, 4.69) is 0 Å². The van der Waals surface area contributed by atoms with Gasteiger partial charge >= 0.3 is 5.97 Å². The van der Waals surface area contributed by atoms with Gasteiger partial charge in [0, 0.05) is 12.6 Å². The minimum absolute atomic E-state index is 0.0376. The highest BCUT2D eigenvalue weighted by atomic mass is 32.2. The second-order valence-electron chi connectivity index (χ2n) is 5.05. The first-order valence-electron chi connectivity index (χ1n) is 6.61. The first kappa shape index (κ1) is 15.3. The predicted molar refractivity (Wildman–Crippen MR) is 73.7 cm³/mol. The van der Waals surface area contributed by atoms with Gasteiger partial charge in [0.2, 0.25) is 5.91 Å². The van der Waals surface area contributed by atoms with Crippen molar-refractivity contribution in [2.75, 3.05) is 12.3 Å². The van der Waals surface area contributed by atoms with Crippen molar-refractivity contribution in [2.45, 2.75) is 51.3 Å². The quantitative estimate of drug-likeness (QED) is 0.806. The van der Waals surface area contributed by atoms with Crippen LogP contribution in [0.25, 0.3) is 0 Å². The van der Waals surface area contributed by atoms with Crippen LogP contribution in [0.2, 0.25) is 0 Å². The SMILES string of the molecule is CCSC(C(=O)N1CCCC1CC(=O)O)C(C)C. The number of amides is 1. The van der Waals surface area contributed by atoms with E-state index in [0.717, 1.165) is 18.6 Å². The molecule has 0 saturated carbocycles. The van der Waals surface area contributed by atoms with E-state index in [-0.39, 0.29) is 29.5 Å². The molecule has 0 bridgehead atoms. The Morgan fingerprint density at radius 2 is 2.11 bits per heavy atom. The molecule has 1 N–H and O–H groups in total. The minimum Gasteiger partial charge on any atom is -0.481 e. The average molecular weight is 273 g/mol. The Bertz CT molecular complexity index is 307. The third kappa shape index (κ3) is 3.90. The Labute approximate surface area is 113 Å². The lowest BCUT2D eigenvalue weighted by molar-refractivity contribution is -0.139. The second kappa shape index (κ2) is 7.02. The van der Waals surface area contributed by atoms with Crippen molar-refractivity contribution in [3.05, 3.63) is 0 Å². The van der Waals surface area contributed by atoms with Crippen molar-refractivity contribution < 1.29 is 14.7 Å². The van der Waals surface area contributed by atoms with E-state index >= 15 is 0 Å². The van der Waals surface area contributed by atoms with E-state index in [4.69, 9.17) is 5.11 Å². The van der Waals surface area contributed by atoms with Gasteiger partial charge in [-0.1, -0.05) is 20.8 Å². The zero-order chi connectivity index (χ0) is 13.7. The molecule has 1 saturated heterocycles. The van der Waals surface area contributed by atoms with Crippen molar-refractivity contribution in [3.8, 4) is 0 Å². The molecule has 104 valence electrons. The van der Waals surface area contributed by atoms with Crippen LogP contribution in [0.15, 0.2) is 0 Å². The molecule has 0 aromatic heterocycles. The van der Waals surface area contributed by atoms with Crippen LogP contribution in [0.3, 0.4) is 0 Å². The fourth-order valence-corrected chi connectivity index (χ4v) is 3.45. The van der Waals surface area contributed by atoms with Gasteiger partial charge < -0.3 is 10.0 Å². The first-order chi connectivity index (χ1) is 8.47. The molecular weight excluding hydrogens is 250 g/mol. The summed E-state index contributed by atoms with van der Waals surface area (Å²) in [5.41, 5.74) is 0. The molecule has 0 radical (unpaired) electrons. The number of thioether (sulfide) groups is 1. The highest BCUT2D eigenvalue weighted by molar-refractivity contribution is 8.00. The number of nitrogens with zero attached hydrogens (tertiary/aromatic N) is 1. The fourth-order valence-electron chi connectivity index (χ4n) is 2.43. The molecule has 0 aromatic carbocycles. The summed E-state index contributed by atoms with van der Waals surface area (Å²) in [5, 5.41) is 8.84. The van der Waals surface area contributed by atoms with Crippen LogP contribution in [0.4, 0.5) is 0 Å². The lowest BCUT2D eigenvalue weighted by Gasteiger charge is -2.29. The highest BCUT2D eigenvalue weighted by Gasteiger charge is 2.35. The number of carboxylic acids is 1. The first-order valence-corrected chi connectivity index (χ1v) is 7.66. The molecular formula is C13H23NO3S. The second-order valence-corrected chi connectivity index (χ2v) is 6.46. The van der Waals surface area contributed by atoms with Crippen LogP contribution in [0.5, 0.6) is 0 Å². The molecule has 1 rings (SSSR count). The number of carbonyl (C=O) groups excluding carboxylic acids is 1. The molecule has 1 heterocycles. The van der Waals surface area contributed by atoms with Crippen molar-refractivity contribution in [3.63, 3.8) is 0 Å². The van der Waals surface area contributed by atoms with Gasteiger partial charge in [-0.05, 0) is 24.5 Å². The Kier molecular flexibility index (Phi) is 5.99. The lowest BCUT2D eigenvalue weighted by Crippen LogP contribution is -2.43. The molecule has 2 atom stereocenters. The maximum Gasteiger partial charge on any atom is 0.305 e. The standard InChI is InChI=1S/C13H23NO3S/c1-4-18-12(9(2)3)13(17)14-7-5-6-10(14)8-11(15)16/h9-10,12H,4-8H2,1-3H3,(H,15,16). The molecule has 1 aliphatic heterocycles. The van der Waals surface area contributed by atoms with Crippen molar-refractivity contribution >= 4 is 23.6 Å². The topological polar surface area (TPSA) is 57.6 Å². The summed E-state index contributed by atoms with van der Waals surface area (Å²) >= 11 is 1.66. The van der Waals surface area contributed by atoms with Crippen LogP contribution < -0.4 is 0 Å². The normalized spacial score (nSPS) is 21.3. The third-order valence-corrected chi connectivity index (χ3v) is 4.70. The number of carboxylic acid groups (broad SMARTS) is 1. The number of hydrogen-bond donors (Lipinski definition) is 1. The van der Waals surface area contributed by atoms with Crippen LogP contribution in [-0.4, -0.2) is 45.5 Å². The van der Waals surface area contributed by atoms with Gasteiger partial charge in [-0.3, -0.25) is 9.59 Å². The van der Waals surface area contributed by atoms with Gasteiger partial charge in [0.25, 0.3) is 0 Å². The Balaban J connectivity index is 2.70. The van der Waals surface area contributed by atoms with E-state index in [0.29, 0.717) is 6.54 Å². The van der Waals surface area contributed by atoms with Crippen molar-refractivity contribution in [2.24, 2.45) is 5.92 Å². The zero-order valence-corrected chi connectivity index (χ0v) is 12.2. The van der Waals surface area contributed by atoms with Gasteiger partial charge in [-0.2, -0.15) is 0 Å². The lowest BCUT2D eigenvalue weighted by atomic mass is 10.1. The molecule has 2 unspecified atom stereocenters. The fraction of sp³-hybridized carbons (Fsp3) is 0.846. The van der Waals surface area contributed by atoms with Gasteiger partial charge in [0.05, 0.1) is 11.7 Å². The van der Waals surface area contributed by atoms with Crippen LogP contribution in [0, 0.1) is 5.92 Å². The average Bonchev–Trinajstić information content (AvgIpc) is 2.71. The van der Waals surface area contributed by atoms with Crippen molar-refractivity contribution in [1.82, 2.24) is 4.90 Å². The molecule has 1 fully saturated rings. The summed E-state index contributed by atoms with van der Waals surface area (Å²) in [6.45, 7) is 6.86. The zero-order valence-electron chi connectivity index (χ0n) is 11.4. The van der Waals surface area contributed by atoms with Crippen LogP contribution >= 0.6 is 11.8 Å². The summed E-state index contributed by atoms with van der Waals surface area (Å²) in [5.74, 6) is 0.504. The van der Waals surface area contributed by atoms with E-state index in [9.17, 15) is 9.59 Å². The maximum atomic E-state index is 12.5. The smallest absolute Gasteiger partial charge is 0.305 e. The number of hydrogen-bond acceptors (Lipinski definition) is 3. The molecule has 0 spiro atoms.